The summed E-state index contributed by atoms with van der Waals surface area (Å²) >= 11 is 0. The Labute approximate surface area is 103 Å². The van der Waals surface area contributed by atoms with E-state index < -0.39 is 5.97 Å². The van der Waals surface area contributed by atoms with Crippen molar-refractivity contribution in [2.75, 3.05) is 7.11 Å². The standard InChI is InChI=1S/C13H13NO4/c1-17-13(16)9-4-8(7-2-3-7)5-11-12(9)10(6-15)14-18-11/h4-5,7,15H,2-3,6H2,1H3. The molecule has 1 fully saturated rings. The number of nitrogens with zero attached hydrogens (tertiary/aromatic N) is 1. The molecule has 0 aliphatic heterocycles. The summed E-state index contributed by atoms with van der Waals surface area (Å²) < 4.78 is 9.95. The van der Waals surface area contributed by atoms with Gasteiger partial charge in [-0.25, -0.2) is 4.79 Å². The van der Waals surface area contributed by atoms with E-state index in [2.05, 4.69) is 5.16 Å². The van der Waals surface area contributed by atoms with Crippen LogP contribution in [-0.4, -0.2) is 23.3 Å². The number of fused-ring (bicyclic) bond motifs is 1. The molecule has 0 radical (unpaired) electrons. The summed E-state index contributed by atoms with van der Waals surface area (Å²) in [5.74, 6) is 0.0703. The molecule has 1 saturated carbocycles. The van der Waals surface area contributed by atoms with Crippen LogP contribution in [0.2, 0.25) is 0 Å². The van der Waals surface area contributed by atoms with Crippen molar-refractivity contribution in [3.8, 4) is 0 Å². The Morgan fingerprint density at radius 1 is 1.56 bits per heavy atom. The van der Waals surface area contributed by atoms with E-state index in [1.165, 1.54) is 7.11 Å². The number of methoxy groups -OCH3 is 1. The zero-order valence-corrected chi connectivity index (χ0v) is 9.97. The van der Waals surface area contributed by atoms with E-state index in [0.29, 0.717) is 28.1 Å². The molecular formula is C13H13NO4. The van der Waals surface area contributed by atoms with Gasteiger partial charge in [0.05, 0.1) is 24.7 Å². The summed E-state index contributed by atoms with van der Waals surface area (Å²) in [6.07, 6.45) is 2.26. The molecule has 1 aromatic carbocycles. The minimum Gasteiger partial charge on any atom is -0.465 e. The second-order valence-corrected chi connectivity index (χ2v) is 4.49. The minimum atomic E-state index is -0.430. The molecule has 0 atom stereocenters. The van der Waals surface area contributed by atoms with E-state index in [9.17, 15) is 9.90 Å². The van der Waals surface area contributed by atoms with Crippen LogP contribution in [0.5, 0.6) is 0 Å². The highest BCUT2D eigenvalue weighted by Crippen LogP contribution is 2.42. The molecule has 18 heavy (non-hydrogen) atoms. The smallest absolute Gasteiger partial charge is 0.338 e. The Morgan fingerprint density at radius 3 is 2.94 bits per heavy atom. The average molecular weight is 247 g/mol. The first-order chi connectivity index (χ1) is 8.74. The van der Waals surface area contributed by atoms with Crippen molar-refractivity contribution in [2.24, 2.45) is 0 Å². The largest absolute Gasteiger partial charge is 0.465 e. The summed E-state index contributed by atoms with van der Waals surface area (Å²) in [7, 11) is 1.34. The molecule has 5 nitrogen and oxygen atoms in total. The highest BCUT2D eigenvalue weighted by atomic mass is 16.5. The van der Waals surface area contributed by atoms with Crippen molar-refractivity contribution >= 4 is 16.9 Å². The van der Waals surface area contributed by atoms with Gasteiger partial charge in [-0.15, -0.1) is 0 Å². The van der Waals surface area contributed by atoms with Crippen molar-refractivity contribution in [1.82, 2.24) is 5.16 Å². The molecule has 94 valence electrons. The number of carbonyl (C=O) groups is 1. The lowest BCUT2D eigenvalue weighted by Gasteiger charge is -2.04. The monoisotopic (exact) mass is 247 g/mol. The van der Waals surface area contributed by atoms with Crippen LogP contribution in [0.25, 0.3) is 11.0 Å². The van der Waals surface area contributed by atoms with Crippen LogP contribution in [0.4, 0.5) is 0 Å². The first-order valence-electron chi connectivity index (χ1n) is 5.86. The van der Waals surface area contributed by atoms with Crippen molar-refractivity contribution in [1.29, 1.82) is 0 Å². The average Bonchev–Trinajstić information content (AvgIpc) is 3.17. The van der Waals surface area contributed by atoms with Crippen molar-refractivity contribution < 1.29 is 19.2 Å². The fourth-order valence-corrected chi connectivity index (χ4v) is 2.19. The highest BCUT2D eigenvalue weighted by Gasteiger charge is 2.27. The number of hydrogen-bond donors (Lipinski definition) is 1. The van der Waals surface area contributed by atoms with E-state index in [1.807, 2.05) is 12.1 Å². The van der Waals surface area contributed by atoms with Gasteiger partial charge in [-0.05, 0) is 36.5 Å². The number of rotatable bonds is 3. The summed E-state index contributed by atoms with van der Waals surface area (Å²) in [4.78, 5) is 11.8. The van der Waals surface area contributed by atoms with E-state index in [-0.39, 0.29) is 6.61 Å². The summed E-state index contributed by atoms with van der Waals surface area (Å²) in [6.45, 7) is -0.264. The summed E-state index contributed by atoms with van der Waals surface area (Å²) in [5.41, 5.74) is 2.39. The minimum absolute atomic E-state index is 0.264. The van der Waals surface area contributed by atoms with Crippen molar-refractivity contribution in [2.45, 2.75) is 25.4 Å². The van der Waals surface area contributed by atoms with Gasteiger partial charge < -0.3 is 14.4 Å². The van der Waals surface area contributed by atoms with Gasteiger partial charge in [-0.3, -0.25) is 0 Å². The van der Waals surface area contributed by atoms with Crippen molar-refractivity contribution in [3.05, 3.63) is 29.0 Å². The zero-order chi connectivity index (χ0) is 12.7. The number of aliphatic hydroxyl groups excluding tert-OH is 1. The first-order valence-corrected chi connectivity index (χ1v) is 5.86. The third-order valence-corrected chi connectivity index (χ3v) is 3.27. The number of benzene rings is 1. The summed E-state index contributed by atoms with van der Waals surface area (Å²) in [5, 5.41) is 13.5. The van der Waals surface area contributed by atoms with Gasteiger partial charge in [0.1, 0.15) is 5.69 Å². The number of carbonyl (C=O) groups excluding carboxylic acids is 1. The van der Waals surface area contributed by atoms with Crippen LogP contribution in [0.15, 0.2) is 16.7 Å². The molecule has 0 saturated heterocycles. The second-order valence-electron chi connectivity index (χ2n) is 4.49. The second kappa shape index (κ2) is 4.10. The third kappa shape index (κ3) is 1.67. The normalized spacial score (nSPS) is 15.0. The predicted octanol–water partition coefficient (Wildman–Crippen LogP) is 1.98. The Bertz CT molecular complexity index is 613. The molecule has 1 heterocycles. The Balaban J connectivity index is 2.25. The lowest BCUT2D eigenvalue weighted by atomic mass is 10.0. The number of esters is 1. The highest BCUT2D eigenvalue weighted by molar-refractivity contribution is 6.04. The molecule has 0 bridgehead atoms. The van der Waals surface area contributed by atoms with Crippen LogP contribution < -0.4 is 0 Å². The fraction of sp³-hybridized carbons (Fsp3) is 0.385. The number of aliphatic hydroxyl groups is 1. The van der Waals surface area contributed by atoms with Crippen LogP contribution in [0.3, 0.4) is 0 Å². The Hall–Kier alpha value is -1.88. The number of hydrogen-bond acceptors (Lipinski definition) is 5. The Morgan fingerprint density at radius 2 is 2.33 bits per heavy atom. The van der Waals surface area contributed by atoms with Crippen LogP contribution >= 0.6 is 0 Å². The topological polar surface area (TPSA) is 72.6 Å². The van der Waals surface area contributed by atoms with Gasteiger partial charge in [0.2, 0.25) is 0 Å². The maximum absolute atomic E-state index is 11.8. The number of aromatic nitrogens is 1. The summed E-state index contributed by atoms with van der Waals surface area (Å²) in [6, 6.07) is 3.72. The Kier molecular flexibility index (Phi) is 2.56. The zero-order valence-electron chi connectivity index (χ0n) is 9.97. The van der Waals surface area contributed by atoms with Gasteiger partial charge in [0, 0.05) is 0 Å². The first kappa shape index (κ1) is 11.2. The third-order valence-electron chi connectivity index (χ3n) is 3.27. The molecule has 1 N–H and O–H groups in total. The quantitative estimate of drug-likeness (QED) is 0.839. The van der Waals surface area contributed by atoms with Crippen LogP contribution in [0.1, 0.15) is 40.4 Å². The maximum atomic E-state index is 11.8. The van der Waals surface area contributed by atoms with E-state index in [0.717, 1.165) is 18.4 Å². The molecule has 3 rings (SSSR count). The molecule has 5 heteroatoms. The molecule has 1 aromatic heterocycles. The number of ether oxygens (including phenoxy) is 1. The van der Waals surface area contributed by atoms with Crippen LogP contribution in [-0.2, 0) is 11.3 Å². The van der Waals surface area contributed by atoms with Gasteiger partial charge in [0.25, 0.3) is 0 Å². The molecule has 0 amide bonds. The molecule has 0 spiro atoms. The molecule has 1 aliphatic carbocycles. The van der Waals surface area contributed by atoms with Gasteiger partial charge in [-0.1, -0.05) is 5.16 Å². The van der Waals surface area contributed by atoms with Gasteiger partial charge >= 0.3 is 5.97 Å². The molecule has 0 unspecified atom stereocenters. The van der Waals surface area contributed by atoms with Crippen LogP contribution in [0, 0.1) is 0 Å². The maximum Gasteiger partial charge on any atom is 0.338 e. The molecule has 2 aromatic rings. The molecular weight excluding hydrogens is 234 g/mol. The molecule has 1 aliphatic rings. The van der Waals surface area contributed by atoms with Gasteiger partial charge in [-0.2, -0.15) is 0 Å². The van der Waals surface area contributed by atoms with Gasteiger partial charge in [0.15, 0.2) is 5.58 Å². The van der Waals surface area contributed by atoms with E-state index >= 15 is 0 Å². The predicted molar refractivity (Wildman–Crippen MR) is 63.2 cm³/mol. The lowest BCUT2D eigenvalue weighted by molar-refractivity contribution is 0.0603. The van der Waals surface area contributed by atoms with E-state index in [1.54, 1.807) is 0 Å². The van der Waals surface area contributed by atoms with E-state index in [4.69, 9.17) is 9.26 Å². The van der Waals surface area contributed by atoms with Crippen molar-refractivity contribution in [3.63, 3.8) is 0 Å². The lowest BCUT2D eigenvalue weighted by Crippen LogP contribution is -2.04. The SMILES string of the molecule is COC(=O)c1cc(C2CC2)cc2onc(CO)c12. The fourth-order valence-electron chi connectivity index (χ4n) is 2.19.